The summed E-state index contributed by atoms with van der Waals surface area (Å²) >= 11 is 0. The molecule has 0 unspecified atom stereocenters. The Morgan fingerprint density at radius 2 is 1.76 bits per heavy atom. The van der Waals surface area contributed by atoms with E-state index in [-0.39, 0.29) is 11.8 Å². The van der Waals surface area contributed by atoms with Crippen molar-refractivity contribution in [1.29, 1.82) is 0 Å². The summed E-state index contributed by atoms with van der Waals surface area (Å²) in [5.74, 6) is 0.176. The number of para-hydroxylation sites is 1. The third-order valence-corrected chi connectivity index (χ3v) is 4.27. The molecule has 29 heavy (non-hydrogen) atoms. The maximum atomic E-state index is 13.5. The number of alkyl halides is 3. The number of anilines is 4. The van der Waals surface area contributed by atoms with Gasteiger partial charge in [-0.25, -0.2) is 4.98 Å². The number of hydrogen-bond acceptors (Lipinski definition) is 4. The van der Waals surface area contributed by atoms with E-state index >= 15 is 0 Å². The van der Waals surface area contributed by atoms with Crippen LogP contribution in [0.2, 0.25) is 0 Å². The second-order valence-electron chi connectivity index (χ2n) is 7.33. The lowest BCUT2D eigenvalue weighted by Crippen LogP contribution is -2.13. The van der Waals surface area contributed by atoms with E-state index in [0.29, 0.717) is 17.3 Å². The standard InChI is InChI=1S/C22H23F3N4/c1-14(2)11-16-8-4-5-10-19(16)28-20-18(22(23,24)25)13-26-21(29-20)27-17-9-6-7-15(3)12-17/h4-10,12-14H,11H2,1-3H3,(H2,26,27,28,29). The lowest BCUT2D eigenvalue weighted by Gasteiger charge is -2.17. The highest BCUT2D eigenvalue weighted by Crippen LogP contribution is 2.36. The van der Waals surface area contributed by atoms with Crippen LogP contribution in [-0.2, 0) is 12.6 Å². The minimum atomic E-state index is -4.57. The van der Waals surface area contributed by atoms with Gasteiger partial charge in [-0.15, -0.1) is 0 Å². The van der Waals surface area contributed by atoms with Crippen molar-refractivity contribution < 1.29 is 13.2 Å². The minimum absolute atomic E-state index is 0.0902. The van der Waals surface area contributed by atoms with Gasteiger partial charge in [0.2, 0.25) is 5.95 Å². The van der Waals surface area contributed by atoms with Crippen LogP contribution in [0.15, 0.2) is 54.7 Å². The summed E-state index contributed by atoms with van der Waals surface area (Å²) in [6.45, 7) is 6.05. The van der Waals surface area contributed by atoms with Crippen molar-refractivity contribution in [1.82, 2.24) is 9.97 Å². The quantitative estimate of drug-likeness (QED) is 0.497. The number of rotatable bonds is 6. The molecular formula is C22H23F3N4. The van der Waals surface area contributed by atoms with Crippen LogP contribution in [0.4, 0.5) is 36.3 Å². The molecule has 0 saturated heterocycles. The van der Waals surface area contributed by atoms with Gasteiger partial charge in [0.1, 0.15) is 11.4 Å². The average molecular weight is 400 g/mol. The second kappa shape index (κ2) is 8.51. The molecule has 0 aliphatic heterocycles. The van der Waals surface area contributed by atoms with Crippen molar-refractivity contribution in [3.8, 4) is 0 Å². The molecule has 1 aromatic heterocycles. The SMILES string of the molecule is Cc1cccc(Nc2ncc(C(F)(F)F)c(Nc3ccccc3CC(C)C)n2)c1. The van der Waals surface area contributed by atoms with Gasteiger partial charge in [0.05, 0.1) is 0 Å². The Kier molecular flexibility index (Phi) is 6.06. The molecule has 0 aliphatic carbocycles. The molecule has 3 aromatic rings. The number of nitrogens with zero attached hydrogens (tertiary/aromatic N) is 2. The topological polar surface area (TPSA) is 49.8 Å². The van der Waals surface area contributed by atoms with Gasteiger partial charge in [-0.2, -0.15) is 18.2 Å². The zero-order valence-corrected chi connectivity index (χ0v) is 16.5. The van der Waals surface area contributed by atoms with Crippen LogP contribution in [0.25, 0.3) is 0 Å². The minimum Gasteiger partial charge on any atom is -0.339 e. The lowest BCUT2D eigenvalue weighted by atomic mass is 10.0. The van der Waals surface area contributed by atoms with Crippen LogP contribution in [0.5, 0.6) is 0 Å². The van der Waals surface area contributed by atoms with Gasteiger partial charge < -0.3 is 10.6 Å². The lowest BCUT2D eigenvalue weighted by molar-refractivity contribution is -0.137. The van der Waals surface area contributed by atoms with Crippen LogP contribution in [0.1, 0.15) is 30.5 Å². The molecule has 2 N–H and O–H groups in total. The summed E-state index contributed by atoms with van der Waals surface area (Å²) in [5.41, 5.74) is 2.35. The van der Waals surface area contributed by atoms with E-state index in [1.165, 1.54) is 0 Å². The number of halogens is 3. The second-order valence-corrected chi connectivity index (χ2v) is 7.33. The molecule has 0 bridgehead atoms. The van der Waals surface area contributed by atoms with Gasteiger partial charge in [-0.3, -0.25) is 0 Å². The van der Waals surface area contributed by atoms with Crippen molar-refractivity contribution in [3.63, 3.8) is 0 Å². The summed E-state index contributed by atoms with van der Waals surface area (Å²) < 4.78 is 40.6. The third-order valence-electron chi connectivity index (χ3n) is 4.27. The Morgan fingerprint density at radius 3 is 2.45 bits per heavy atom. The summed E-state index contributed by atoms with van der Waals surface area (Å²) in [4.78, 5) is 7.99. The predicted octanol–water partition coefficient (Wildman–Crippen LogP) is 6.49. The number of nitrogens with one attached hydrogen (secondary N) is 2. The molecule has 0 fully saturated rings. The Balaban J connectivity index is 1.97. The summed E-state index contributed by atoms with van der Waals surface area (Å²) in [7, 11) is 0. The van der Waals surface area contributed by atoms with E-state index in [0.717, 1.165) is 23.7 Å². The number of benzene rings is 2. The van der Waals surface area contributed by atoms with Gasteiger partial charge in [0.15, 0.2) is 0 Å². The van der Waals surface area contributed by atoms with Crippen LogP contribution >= 0.6 is 0 Å². The van der Waals surface area contributed by atoms with Crippen molar-refractivity contribution in [3.05, 3.63) is 71.4 Å². The van der Waals surface area contributed by atoms with Gasteiger partial charge in [0, 0.05) is 17.6 Å². The molecule has 4 nitrogen and oxygen atoms in total. The average Bonchev–Trinajstić information content (AvgIpc) is 2.62. The molecule has 0 amide bonds. The highest BCUT2D eigenvalue weighted by Gasteiger charge is 2.35. The zero-order valence-electron chi connectivity index (χ0n) is 16.5. The monoisotopic (exact) mass is 400 g/mol. The number of aryl methyl sites for hydroxylation is 1. The van der Waals surface area contributed by atoms with Crippen molar-refractivity contribution in [2.24, 2.45) is 5.92 Å². The van der Waals surface area contributed by atoms with Crippen molar-refractivity contribution >= 4 is 23.1 Å². The van der Waals surface area contributed by atoms with Crippen molar-refractivity contribution in [2.45, 2.75) is 33.4 Å². The first-order chi connectivity index (χ1) is 13.7. The summed E-state index contributed by atoms with van der Waals surface area (Å²) in [6.07, 6.45) is -3.03. The molecule has 7 heteroatoms. The normalized spacial score (nSPS) is 11.6. The van der Waals surface area contributed by atoms with E-state index in [9.17, 15) is 13.2 Å². The van der Waals surface area contributed by atoms with Gasteiger partial charge >= 0.3 is 6.18 Å². The van der Waals surface area contributed by atoms with E-state index in [4.69, 9.17) is 0 Å². The first-order valence-electron chi connectivity index (χ1n) is 9.35. The molecule has 0 aliphatic rings. The third kappa shape index (κ3) is 5.47. The molecular weight excluding hydrogens is 377 g/mol. The molecule has 1 heterocycles. The Morgan fingerprint density at radius 1 is 1.00 bits per heavy atom. The summed E-state index contributed by atoms with van der Waals surface area (Å²) in [5, 5.41) is 5.85. The molecule has 3 rings (SSSR count). The van der Waals surface area contributed by atoms with E-state index in [1.807, 2.05) is 37.3 Å². The van der Waals surface area contributed by atoms with Crippen LogP contribution in [-0.4, -0.2) is 9.97 Å². The zero-order chi connectivity index (χ0) is 21.0. The molecule has 2 aromatic carbocycles. The smallest absolute Gasteiger partial charge is 0.339 e. The van der Waals surface area contributed by atoms with Crippen LogP contribution in [0.3, 0.4) is 0 Å². The van der Waals surface area contributed by atoms with E-state index in [1.54, 1.807) is 18.2 Å². The van der Waals surface area contributed by atoms with E-state index in [2.05, 4.69) is 34.4 Å². The first-order valence-corrected chi connectivity index (χ1v) is 9.35. The maximum absolute atomic E-state index is 13.5. The number of aromatic nitrogens is 2. The first kappa shape index (κ1) is 20.6. The Bertz CT molecular complexity index is 984. The van der Waals surface area contributed by atoms with E-state index < -0.39 is 11.7 Å². The highest BCUT2D eigenvalue weighted by molar-refractivity contribution is 5.65. The molecule has 0 saturated carbocycles. The maximum Gasteiger partial charge on any atom is 0.421 e. The highest BCUT2D eigenvalue weighted by atomic mass is 19.4. The molecule has 0 spiro atoms. The van der Waals surface area contributed by atoms with Gasteiger partial charge in [-0.05, 0) is 48.6 Å². The molecule has 0 radical (unpaired) electrons. The fourth-order valence-electron chi connectivity index (χ4n) is 2.98. The fraction of sp³-hybridized carbons (Fsp3) is 0.273. The van der Waals surface area contributed by atoms with Gasteiger partial charge in [0.25, 0.3) is 0 Å². The summed E-state index contributed by atoms with van der Waals surface area (Å²) in [6, 6.07) is 14.8. The van der Waals surface area contributed by atoms with Crippen LogP contribution in [0, 0.1) is 12.8 Å². The fourth-order valence-corrected chi connectivity index (χ4v) is 2.98. The molecule has 0 atom stereocenters. The van der Waals surface area contributed by atoms with Crippen molar-refractivity contribution in [2.75, 3.05) is 10.6 Å². The van der Waals surface area contributed by atoms with Gasteiger partial charge in [-0.1, -0.05) is 44.2 Å². The number of hydrogen-bond donors (Lipinski definition) is 2. The predicted molar refractivity (Wildman–Crippen MR) is 110 cm³/mol. The Hall–Kier alpha value is -3.09. The Labute approximate surface area is 168 Å². The van der Waals surface area contributed by atoms with Crippen LogP contribution < -0.4 is 10.6 Å². The largest absolute Gasteiger partial charge is 0.421 e. The molecule has 152 valence electrons.